The van der Waals surface area contributed by atoms with E-state index in [1.165, 1.54) is 11.3 Å². The van der Waals surface area contributed by atoms with Gasteiger partial charge in [-0.1, -0.05) is 11.3 Å². The normalized spacial score (nSPS) is 28.4. The van der Waals surface area contributed by atoms with E-state index in [-0.39, 0.29) is 18.1 Å². The van der Waals surface area contributed by atoms with Crippen LogP contribution < -0.4 is 10.2 Å². The van der Waals surface area contributed by atoms with E-state index in [1.807, 2.05) is 0 Å². The topological polar surface area (TPSA) is 76.6 Å². The highest BCUT2D eigenvalue weighted by atomic mass is 32.1. The van der Waals surface area contributed by atoms with Gasteiger partial charge in [-0.05, 0) is 18.8 Å². The van der Waals surface area contributed by atoms with Crippen LogP contribution in [0.5, 0.6) is 0 Å². The largest absolute Gasteiger partial charge is 0.383 e. The minimum atomic E-state index is -0.328. The molecular weight excluding hydrogens is 292 g/mol. The van der Waals surface area contributed by atoms with Crippen molar-refractivity contribution in [2.75, 3.05) is 38.3 Å². The van der Waals surface area contributed by atoms with Crippen LogP contribution in [0.1, 0.15) is 12.8 Å². The molecule has 0 aromatic carbocycles. The van der Waals surface area contributed by atoms with Crippen LogP contribution in [-0.4, -0.2) is 61.7 Å². The maximum absolute atomic E-state index is 12.0. The summed E-state index contributed by atoms with van der Waals surface area (Å²) in [6, 6.07) is 0. The average molecular weight is 312 g/mol. The molecule has 0 aliphatic carbocycles. The Bertz CT molecular complexity index is 470. The molecule has 7 nitrogen and oxygen atoms in total. The van der Waals surface area contributed by atoms with Gasteiger partial charge in [-0.25, -0.2) is 0 Å². The molecule has 0 bridgehead atoms. The Morgan fingerprint density at radius 2 is 2.57 bits per heavy atom. The molecule has 0 radical (unpaired) electrons. The van der Waals surface area contributed by atoms with E-state index in [1.54, 1.807) is 12.6 Å². The van der Waals surface area contributed by atoms with Gasteiger partial charge in [0.15, 0.2) is 0 Å². The van der Waals surface area contributed by atoms with Gasteiger partial charge in [-0.3, -0.25) is 4.79 Å². The molecule has 21 heavy (non-hydrogen) atoms. The van der Waals surface area contributed by atoms with Crippen molar-refractivity contribution in [3.8, 4) is 0 Å². The van der Waals surface area contributed by atoms with Gasteiger partial charge in [0.2, 0.25) is 11.0 Å². The fourth-order valence-corrected chi connectivity index (χ4v) is 3.57. The Kier molecular flexibility index (Phi) is 4.67. The average Bonchev–Trinajstić information content (AvgIpc) is 3.15. The second kappa shape index (κ2) is 6.67. The number of fused-ring (bicyclic) bond motifs is 1. The summed E-state index contributed by atoms with van der Waals surface area (Å²) in [5.74, 6) is 0.441. The Hall–Kier alpha value is -1.25. The fraction of sp³-hybridized carbons (Fsp3) is 0.769. The second-order valence-corrected chi connectivity index (χ2v) is 6.21. The summed E-state index contributed by atoms with van der Waals surface area (Å²) in [6.07, 6.45) is 1.63. The van der Waals surface area contributed by atoms with Gasteiger partial charge in [0.05, 0.1) is 12.7 Å². The van der Waals surface area contributed by atoms with Crippen molar-refractivity contribution < 1.29 is 14.3 Å². The lowest BCUT2D eigenvalue weighted by Crippen LogP contribution is -2.42. The molecule has 8 heteroatoms. The van der Waals surface area contributed by atoms with E-state index in [4.69, 9.17) is 9.47 Å². The molecule has 116 valence electrons. The van der Waals surface area contributed by atoms with Crippen LogP contribution in [0, 0.1) is 5.92 Å². The van der Waals surface area contributed by atoms with Crippen molar-refractivity contribution in [3.63, 3.8) is 0 Å². The lowest BCUT2D eigenvalue weighted by molar-refractivity contribution is -0.132. The monoisotopic (exact) mass is 312 g/mol. The SMILES string of the molecule is COCCNC(=O)[C@@H]1C[C@H]2CCN(c3nncs3)C[C@@H]2O1. The minimum absolute atomic E-state index is 0.0242. The van der Waals surface area contributed by atoms with Gasteiger partial charge >= 0.3 is 0 Å². The molecule has 3 rings (SSSR count). The summed E-state index contributed by atoms with van der Waals surface area (Å²) in [4.78, 5) is 14.2. The van der Waals surface area contributed by atoms with Gasteiger partial charge in [-0.2, -0.15) is 0 Å². The number of nitrogens with zero attached hydrogens (tertiary/aromatic N) is 3. The van der Waals surface area contributed by atoms with E-state index in [9.17, 15) is 4.79 Å². The molecule has 0 saturated carbocycles. The maximum atomic E-state index is 12.0. The van der Waals surface area contributed by atoms with E-state index in [2.05, 4.69) is 20.4 Å². The summed E-state index contributed by atoms with van der Waals surface area (Å²) in [5, 5.41) is 11.8. The van der Waals surface area contributed by atoms with Crippen LogP contribution in [0.25, 0.3) is 0 Å². The van der Waals surface area contributed by atoms with Gasteiger partial charge < -0.3 is 19.7 Å². The number of amides is 1. The number of aromatic nitrogens is 2. The number of anilines is 1. The number of ether oxygens (including phenoxy) is 2. The summed E-state index contributed by atoms with van der Waals surface area (Å²) in [6.45, 7) is 2.80. The van der Waals surface area contributed by atoms with Crippen LogP contribution in [0.4, 0.5) is 5.13 Å². The molecule has 2 saturated heterocycles. The van der Waals surface area contributed by atoms with Crippen molar-refractivity contribution in [1.29, 1.82) is 0 Å². The smallest absolute Gasteiger partial charge is 0.249 e. The minimum Gasteiger partial charge on any atom is -0.383 e. The second-order valence-electron chi connectivity index (χ2n) is 5.40. The van der Waals surface area contributed by atoms with Crippen molar-refractivity contribution in [2.45, 2.75) is 25.0 Å². The first kappa shape index (κ1) is 14.7. The van der Waals surface area contributed by atoms with E-state index in [0.717, 1.165) is 31.1 Å². The molecule has 0 unspecified atom stereocenters. The third kappa shape index (κ3) is 3.33. The number of rotatable bonds is 5. The maximum Gasteiger partial charge on any atom is 0.249 e. The predicted molar refractivity (Wildman–Crippen MR) is 78.4 cm³/mol. The molecule has 1 amide bonds. The predicted octanol–water partition coefficient (Wildman–Crippen LogP) is 0.285. The molecule has 1 aromatic rings. The lowest BCUT2D eigenvalue weighted by atomic mass is 9.92. The number of hydrogen-bond acceptors (Lipinski definition) is 7. The van der Waals surface area contributed by atoms with Crippen molar-refractivity contribution >= 4 is 22.4 Å². The quantitative estimate of drug-likeness (QED) is 0.787. The highest BCUT2D eigenvalue weighted by molar-refractivity contribution is 7.13. The number of hydrogen-bond donors (Lipinski definition) is 1. The Morgan fingerprint density at radius 1 is 1.67 bits per heavy atom. The Balaban J connectivity index is 1.53. The van der Waals surface area contributed by atoms with Crippen molar-refractivity contribution in [3.05, 3.63) is 5.51 Å². The third-order valence-corrected chi connectivity index (χ3v) is 4.82. The van der Waals surface area contributed by atoms with Gasteiger partial charge in [0, 0.05) is 26.7 Å². The zero-order chi connectivity index (χ0) is 14.7. The zero-order valence-electron chi connectivity index (χ0n) is 12.0. The standard InChI is InChI=1S/C13H20N4O3S/c1-19-5-3-14-12(18)10-6-9-2-4-17(7-11(9)20-10)13-16-15-8-21-13/h8-11H,2-7H2,1H3,(H,14,18)/t9-,10+,11+/m1/s1. The van der Waals surface area contributed by atoms with Gasteiger partial charge in [0.1, 0.15) is 11.6 Å². The fourth-order valence-electron chi connectivity index (χ4n) is 2.97. The van der Waals surface area contributed by atoms with E-state index >= 15 is 0 Å². The first-order valence-electron chi connectivity index (χ1n) is 7.21. The van der Waals surface area contributed by atoms with Crippen LogP contribution in [0.15, 0.2) is 5.51 Å². The molecular formula is C13H20N4O3S. The molecule has 3 heterocycles. The molecule has 2 fully saturated rings. The van der Waals surface area contributed by atoms with E-state index in [0.29, 0.717) is 19.1 Å². The highest BCUT2D eigenvalue weighted by Gasteiger charge is 2.42. The Morgan fingerprint density at radius 3 is 3.33 bits per heavy atom. The number of piperidine rings is 1. The van der Waals surface area contributed by atoms with Gasteiger partial charge in [0.25, 0.3) is 0 Å². The summed E-state index contributed by atoms with van der Waals surface area (Å²) >= 11 is 1.54. The zero-order valence-corrected chi connectivity index (χ0v) is 12.8. The molecule has 2 aliphatic heterocycles. The number of nitrogens with one attached hydrogen (secondary N) is 1. The van der Waals surface area contributed by atoms with Crippen molar-refractivity contribution in [1.82, 2.24) is 15.5 Å². The lowest BCUT2D eigenvalue weighted by Gasteiger charge is -2.33. The third-order valence-electron chi connectivity index (χ3n) is 4.07. The first-order chi connectivity index (χ1) is 10.3. The number of carbonyl (C=O) groups is 1. The van der Waals surface area contributed by atoms with Crippen LogP contribution in [0.3, 0.4) is 0 Å². The number of carbonyl (C=O) groups excluding carboxylic acids is 1. The summed E-state index contributed by atoms with van der Waals surface area (Å²) in [5.41, 5.74) is 1.74. The molecule has 0 spiro atoms. The molecule has 1 N–H and O–H groups in total. The Labute approximate surface area is 127 Å². The summed E-state index contributed by atoms with van der Waals surface area (Å²) < 4.78 is 10.9. The molecule has 1 aromatic heterocycles. The van der Waals surface area contributed by atoms with Gasteiger partial charge in [-0.15, -0.1) is 10.2 Å². The van der Waals surface area contributed by atoms with Crippen LogP contribution >= 0.6 is 11.3 Å². The molecule has 2 aliphatic rings. The number of methoxy groups -OCH3 is 1. The highest BCUT2D eigenvalue weighted by Crippen LogP contribution is 2.35. The molecule has 3 atom stereocenters. The van der Waals surface area contributed by atoms with E-state index < -0.39 is 0 Å². The first-order valence-corrected chi connectivity index (χ1v) is 8.09. The summed E-state index contributed by atoms with van der Waals surface area (Å²) in [7, 11) is 1.62. The van der Waals surface area contributed by atoms with Crippen LogP contribution in [0.2, 0.25) is 0 Å². The van der Waals surface area contributed by atoms with Crippen LogP contribution in [-0.2, 0) is 14.3 Å². The van der Waals surface area contributed by atoms with Crippen molar-refractivity contribution in [2.24, 2.45) is 5.92 Å².